The number of carbonyl (C=O) groups excluding carboxylic acids is 4. The van der Waals surface area contributed by atoms with Crippen molar-refractivity contribution >= 4 is 39.7 Å². The van der Waals surface area contributed by atoms with E-state index >= 15 is 0 Å². The van der Waals surface area contributed by atoms with Gasteiger partial charge in [-0.2, -0.15) is 0 Å². The number of likely N-dealkylation sites (tertiary alicyclic amines) is 2. The van der Waals surface area contributed by atoms with E-state index < -0.39 is 52.0 Å². The first-order valence-corrected chi connectivity index (χ1v) is 14.2. The fraction of sp³-hybridized carbons (Fsp3) is 0.778. The number of aliphatic carboxylic acids is 2. The molecule has 2 rings (SSSR count). The molecule has 12 nitrogen and oxygen atoms in total. The molecule has 0 aromatic rings. The van der Waals surface area contributed by atoms with E-state index in [4.69, 9.17) is 0 Å². The van der Waals surface area contributed by atoms with Crippen LogP contribution in [0.5, 0.6) is 0 Å². The van der Waals surface area contributed by atoms with Crippen LogP contribution in [0, 0.1) is 0 Å². The molecule has 2 heterocycles. The van der Waals surface area contributed by atoms with Gasteiger partial charge in [-0.05, 0) is 52.9 Å². The minimum absolute atomic E-state index is 0. The zero-order valence-electron chi connectivity index (χ0n) is 20.7. The third-order valence-electron chi connectivity index (χ3n) is 5.20. The number of nitrogens with zero attached hydrogens (tertiary/aromatic N) is 2. The summed E-state index contributed by atoms with van der Waals surface area (Å²) in [5.74, 6) is -3.09. The van der Waals surface area contributed by atoms with E-state index in [0.717, 1.165) is 0 Å². The van der Waals surface area contributed by atoms with E-state index in [-0.39, 0.29) is 70.9 Å². The Labute approximate surface area is 245 Å². The molecule has 0 aromatic carbocycles. The largest absolute Gasteiger partial charge is 1.00 e. The number of hydrogen-bond acceptors (Lipinski definition) is 8. The fourth-order valence-corrected chi connectivity index (χ4v) is 5.25. The van der Waals surface area contributed by atoms with E-state index in [1.54, 1.807) is 13.8 Å². The summed E-state index contributed by atoms with van der Waals surface area (Å²) in [5, 5.41) is 26.8. The standard InChI is InChI=1S/2C9H17N2O4P.2Na/c2*1-6(10-16(2)15)8(12)11-5-3-4-7(11)9(13)14;;/h2*6-7,16H,3-5H2,1-2H3,(H,10,15)(H,13,14);;/q;;2*+1/p-2/t2*6-,7-;;/m00../s1. The third kappa shape index (κ3) is 11.5. The van der Waals surface area contributed by atoms with Crippen molar-refractivity contribution in [1.29, 1.82) is 0 Å². The normalized spacial score (nSPS) is 22.7. The maximum Gasteiger partial charge on any atom is 1.00 e. The number of rotatable bonds is 8. The summed E-state index contributed by atoms with van der Waals surface area (Å²) in [6.45, 7) is 7.00. The maximum atomic E-state index is 11.8. The van der Waals surface area contributed by atoms with Crippen molar-refractivity contribution in [3.05, 3.63) is 0 Å². The minimum atomic E-state index is -1.95. The topological polar surface area (TPSA) is 179 Å². The van der Waals surface area contributed by atoms with Crippen LogP contribution in [0.2, 0.25) is 0 Å². The number of carboxylic acid groups (broad SMARTS) is 2. The summed E-state index contributed by atoms with van der Waals surface area (Å²) >= 11 is 0. The van der Waals surface area contributed by atoms with Crippen molar-refractivity contribution < 1.29 is 97.6 Å². The first-order valence-electron chi connectivity index (χ1n) is 10.4. The monoisotopic (exact) mass is 540 g/mol. The molecule has 16 heteroatoms. The molecule has 184 valence electrons. The van der Waals surface area contributed by atoms with Gasteiger partial charge < -0.3 is 38.7 Å². The van der Waals surface area contributed by atoms with Crippen LogP contribution in [-0.4, -0.2) is 84.1 Å². The zero-order chi connectivity index (χ0) is 24.6. The van der Waals surface area contributed by atoms with Gasteiger partial charge in [-0.1, -0.05) is 0 Å². The van der Waals surface area contributed by atoms with E-state index in [1.165, 1.54) is 23.1 Å². The van der Waals surface area contributed by atoms with Gasteiger partial charge in [-0.15, -0.1) is 0 Å². The summed E-state index contributed by atoms with van der Waals surface area (Å²) in [5.41, 5.74) is 0. The number of amides is 2. The molecule has 0 saturated carbocycles. The van der Waals surface area contributed by atoms with Crippen molar-refractivity contribution in [3.8, 4) is 0 Å². The van der Waals surface area contributed by atoms with Crippen LogP contribution < -0.4 is 79.5 Å². The van der Waals surface area contributed by atoms with Gasteiger partial charge in [0.1, 0.15) is 15.9 Å². The summed E-state index contributed by atoms with van der Waals surface area (Å²) in [4.78, 5) is 47.8. The Bertz CT molecular complexity index is 714. The van der Waals surface area contributed by atoms with Gasteiger partial charge in [0, 0.05) is 13.1 Å². The molecular weight excluding hydrogens is 508 g/mol. The molecule has 0 bridgehead atoms. The van der Waals surface area contributed by atoms with E-state index in [1.807, 2.05) is 0 Å². The fourth-order valence-electron chi connectivity index (χ4n) is 3.78. The number of hydrogen-bond donors (Lipinski definition) is 2. The van der Waals surface area contributed by atoms with E-state index in [0.29, 0.717) is 38.8 Å². The molecule has 2 aliphatic rings. The Balaban J connectivity index is 0. The first-order chi connectivity index (χ1) is 14.9. The van der Waals surface area contributed by atoms with Crippen molar-refractivity contribution in [1.82, 2.24) is 20.0 Å². The molecular formula is C18H32N4Na2O8P2. The molecule has 2 saturated heterocycles. The number of nitrogens with one attached hydrogen (secondary N) is 2. The summed E-state index contributed by atoms with van der Waals surface area (Å²) in [6.07, 6.45) is 2.20. The second-order valence-corrected chi connectivity index (χ2v) is 10.7. The van der Waals surface area contributed by atoms with Gasteiger partial charge in [0.15, 0.2) is 0 Å². The maximum absolute atomic E-state index is 11.8. The first kappa shape index (κ1) is 36.4. The molecule has 2 unspecified atom stereocenters. The van der Waals surface area contributed by atoms with Crippen LogP contribution in [0.1, 0.15) is 39.5 Å². The van der Waals surface area contributed by atoms with Gasteiger partial charge in [-0.3, -0.25) is 19.8 Å². The summed E-state index contributed by atoms with van der Waals surface area (Å²) in [7, 11) is -3.91. The second kappa shape index (κ2) is 17.7. The molecule has 2 N–H and O–H groups in total. The molecule has 2 aliphatic heterocycles. The Kier molecular flexibility index (Phi) is 18.9. The second-order valence-electron chi connectivity index (χ2n) is 7.86. The van der Waals surface area contributed by atoms with Crippen molar-refractivity contribution in [2.24, 2.45) is 0 Å². The van der Waals surface area contributed by atoms with Crippen LogP contribution in [0.25, 0.3) is 0 Å². The Morgan fingerprint density at radius 3 is 1.29 bits per heavy atom. The molecule has 2 fully saturated rings. The van der Waals surface area contributed by atoms with Gasteiger partial charge in [0.25, 0.3) is 0 Å². The Morgan fingerprint density at radius 1 is 0.765 bits per heavy atom. The van der Waals surface area contributed by atoms with Crippen molar-refractivity contribution in [3.63, 3.8) is 0 Å². The minimum Gasteiger partial charge on any atom is -0.548 e. The molecule has 0 radical (unpaired) electrons. The molecule has 0 aromatic heterocycles. The van der Waals surface area contributed by atoms with Crippen molar-refractivity contribution in [2.45, 2.75) is 63.7 Å². The SMILES string of the molecule is C[C@H](N[PH](C)=O)C(=O)N1CCC[C@H]1C(=O)[O-].C[C@H](N[PH](C)=O)C(=O)N1CCC[C@H]1C(=O)[O-].[Na+].[Na+]. The molecule has 0 aliphatic carbocycles. The predicted octanol–water partition coefficient (Wildman–Crippen LogP) is -8.37. The molecule has 6 atom stereocenters. The van der Waals surface area contributed by atoms with E-state index in [2.05, 4.69) is 10.2 Å². The van der Waals surface area contributed by atoms with Crippen LogP contribution in [-0.2, 0) is 28.3 Å². The third-order valence-corrected chi connectivity index (χ3v) is 6.88. The van der Waals surface area contributed by atoms with Crippen LogP contribution in [0.3, 0.4) is 0 Å². The molecule has 0 spiro atoms. The van der Waals surface area contributed by atoms with Crippen LogP contribution >= 0.6 is 15.9 Å². The number of carbonyl (C=O) groups is 4. The van der Waals surface area contributed by atoms with Crippen LogP contribution in [0.4, 0.5) is 0 Å². The smallest absolute Gasteiger partial charge is 0.548 e. The van der Waals surface area contributed by atoms with Gasteiger partial charge in [-0.25, -0.2) is 0 Å². The average molecular weight is 540 g/mol. The van der Waals surface area contributed by atoms with Crippen molar-refractivity contribution in [2.75, 3.05) is 26.4 Å². The predicted molar refractivity (Wildman–Crippen MR) is 115 cm³/mol. The molecule has 2 amide bonds. The average Bonchev–Trinajstić information content (AvgIpc) is 3.35. The Morgan fingerprint density at radius 2 is 1.06 bits per heavy atom. The quantitative estimate of drug-likeness (QED) is 0.222. The van der Waals surface area contributed by atoms with Gasteiger partial charge in [0.2, 0.25) is 11.8 Å². The van der Waals surface area contributed by atoms with E-state index in [9.17, 15) is 38.5 Å². The van der Waals surface area contributed by atoms with Gasteiger partial charge in [0.05, 0.1) is 36.1 Å². The van der Waals surface area contributed by atoms with Crippen LogP contribution in [0.15, 0.2) is 0 Å². The molecule has 34 heavy (non-hydrogen) atoms. The zero-order valence-corrected chi connectivity index (χ0v) is 26.7. The van der Waals surface area contributed by atoms with Gasteiger partial charge >= 0.3 is 59.1 Å². The summed E-state index contributed by atoms with van der Waals surface area (Å²) < 4.78 is 21.9. The summed E-state index contributed by atoms with van der Waals surface area (Å²) in [6, 6.07) is -2.90. The number of carboxylic acids is 2. The Hall–Kier alpha value is 0.260.